The van der Waals surface area contributed by atoms with Crippen molar-refractivity contribution < 1.29 is 22.3 Å². The number of rotatable bonds is 4. The number of hydrogen-bond donors (Lipinski definition) is 1. The standard InChI is InChI=1S/C23H22FNO4S/c1-23(2,30(25,26)27)15-10-11-17-18(13-15)22(14-6-4-7-16(24)12-14)29-20-9-5-8-19(28-3)21(17)20/h4-13,22H,1-3H3,(H2,25,26,27). The highest BCUT2D eigenvalue weighted by molar-refractivity contribution is 7.90. The van der Waals surface area contributed by atoms with Crippen LogP contribution in [0.2, 0.25) is 0 Å². The third-order valence-electron chi connectivity index (χ3n) is 5.61. The van der Waals surface area contributed by atoms with E-state index in [-0.39, 0.29) is 5.82 Å². The van der Waals surface area contributed by atoms with E-state index < -0.39 is 20.9 Å². The molecule has 1 unspecified atom stereocenters. The summed E-state index contributed by atoms with van der Waals surface area (Å²) in [5.41, 5.74) is 3.45. The van der Waals surface area contributed by atoms with Crippen molar-refractivity contribution in [3.8, 4) is 22.6 Å². The van der Waals surface area contributed by atoms with Gasteiger partial charge < -0.3 is 9.47 Å². The van der Waals surface area contributed by atoms with E-state index in [0.29, 0.717) is 28.2 Å². The molecule has 0 saturated carbocycles. The van der Waals surface area contributed by atoms with Crippen LogP contribution in [0.5, 0.6) is 11.5 Å². The number of benzene rings is 3. The van der Waals surface area contributed by atoms with Gasteiger partial charge in [-0.05, 0) is 60.9 Å². The van der Waals surface area contributed by atoms with Gasteiger partial charge in [0.05, 0.1) is 12.7 Å². The predicted molar refractivity (Wildman–Crippen MR) is 113 cm³/mol. The van der Waals surface area contributed by atoms with Crippen LogP contribution in [0.15, 0.2) is 60.7 Å². The Morgan fingerprint density at radius 3 is 2.47 bits per heavy atom. The molecule has 0 fully saturated rings. The Hall–Kier alpha value is -2.90. The molecule has 4 rings (SSSR count). The van der Waals surface area contributed by atoms with E-state index in [1.807, 2.05) is 24.3 Å². The number of nitrogens with two attached hydrogens (primary N) is 1. The summed E-state index contributed by atoms with van der Waals surface area (Å²) in [7, 11) is -2.29. The third-order valence-corrected chi connectivity index (χ3v) is 7.27. The number of fused-ring (bicyclic) bond motifs is 3. The van der Waals surface area contributed by atoms with E-state index in [9.17, 15) is 12.8 Å². The first-order valence-corrected chi connectivity index (χ1v) is 10.9. The molecule has 156 valence electrons. The maximum absolute atomic E-state index is 14.0. The molecule has 0 aromatic heterocycles. The molecule has 0 amide bonds. The summed E-state index contributed by atoms with van der Waals surface area (Å²) >= 11 is 0. The van der Waals surface area contributed by atoms with Gasteiger partial charge in [0.15, 0.2) is 0 Å². The van der Waals surface area contributed by atoms with Crippen LogP contribution in [0.4, 0.5) is 4.39 Å². The number of hydrogen-bond acceptors (Lipinski definition) is 4. The Morgan fingerprint density at radius 2 is 1.80 bits per heavy atom. The zero-order valence-electron chi connectivity index (χ0n) is 16.8. The number of ether oxygens (including phenoxy) is 2. The average Bonchev–Trinajstić information content (AvgIpc) is 2.71. The van der Waals surface area contributed by atoms with Gasteiger partial charge in [-0.15, -0.1) is 0 Å². The van der Waals surface area contributed by atoms with Crippen LogP contribution in [0.25, 0.3) is 11.1 Å². The molecule has 0 spiro atoms. The molecule has 1 atom stereocenters. The van der Waals surface area contributed by atoms with Gasteiger partial charge in [-0.3, -0.25) is 0 Å². The van der Waals surface area contributed by atoms with Crippen molar-refractivity contribution in [3.63, 3.8) is 0 Å². The highest BCUT2D eigenvalue weighted by Crippen LogP contribution is 2.49. The molecule has 0 radical (unpaired) electrons. The number of primary sulfonamides is 1. The van der Waals surface area contributed by atoms with Crippen molar-refractivity contribution in [1.82, 2.24) is 0 Å². The lowest BCUT2D eigenvalue weighted by atomic mass is 9.86. The van der Waals surface area contributed by atoms with Crippen LogP contribution in [0.1, 0.15) is 36.6 Å². The molecule has 2 N–H and O–H groups in total. The minimum Gasteiger partial charge on any atom is -0.496 e. The molecule has 7 heteroatoms. The van der Waals surface area contributed by atoms with Crippen LogP contribution in [0.3, 0.4) is 0 Å². The van der Waals surface area contributed by atoms with Crippen LogP contribution >= 0.6 is 0 Å². The summed E-state index contributed by atoms with van der Waals surface area (Å²) in [6.45, 7) is 3.11. The Morgan fingerprint density at radius 1 is 1.07 bits per heavy atom. The van der Waals surface area contributed by atoms with Crippen molar-refractivity contribution in [3.05, 3.63) is 83.2 Å². The normalized spacial score (nSPS) is 15.7. The van der Waals surface area contributed by atoms with Gasteiger partial charge in [0.2, 0.25) is 10.0 Å². The van der Waals surface area contributed by atoms with Gasteiger partial charge in [0, 0.05) is 5.56 Å². The molecule has 5 nitrogen and oxygen atoms in total. The second-order valence-corrected chi connectivity index (χ2v) is 9.85. The second-order valence-electron chi connectivity index (χ2n) is 7.74. The van der Waals surface area contributed by atoms with Crippen LogP contribution in [-0.2, 0) is 14.8 Å². The van der Waals surface area contributed by atoms with E-state index in [0.717, 1.165) is 11.1 Å². The molecule has 0 bridgehead atoms. The first-order chi connectivity index (χ1) is 14.1. The fraction of sp³-hybridized carbons (Fsp3) is 0.217. The van der Waals surface area contributed by atoms with Crippen LogP contribution in [-0.4, -0.2) is 15.5 Å². The van der Waals surface area contributed by atoms with Crippen molar-refractivity contribution >= 4 is 10.0 Å². The lowest BCUT2D eigenvalue weighted by molar-refractivity contribution is 0.241. The summed E-state index contributed by atoms with van der Waals surface area (Å²) in [6, 6.07) is 17.0. The zero-order valence-corrected chi connectivity index (χ0v) is 17.7. The zero-order chi connectivity index (χ0) is 21.7. The molecule has 1 aliphatic heterocycles. The lowest BCUT2D eigenvalue weighted by Crippen LogP contribution is -2.35. The van der Waals surface area contributed by atoms with Gasteiger partial charge >= 0.3 is 0 Å². The van der Waals surface area contributed by atoms with E-state index >= 15 is 0 Å². The summed E-state index contributed by atoms with van der Waals surface area (Å²) < 4.78 is 48.8. The highest BCUT2D eigenvalue weighted by atomic mass is 32.2. The van der Waals surface area contributed by atoms with Gasteiger partial charge in [-0.25, -0.2) is 17.9 Å². The summed E-state index contributed by atoms with van der Waals surface area (Å²) in [5.74, 6) is 0.856. The fourth-order valence-electron chi connectivity index (χ4n) is 3.70. The molecule has 1 aliphatic rings. The van der Waals surface area contributed by atoms with E-state index in [4.69, 9.17) is 14.6 Å². The quantitative estimate of drug-likeness (QED) is 0.665. The molecule has 3 aromatic carbocycles. The monoisotopic (exact) mass is 427 g/mol. The van der Waals surface area contributed by atoms with Gasteiger partial charge in [-0.2, -0.15) is 0 Å². The minimum atomic E-state index is -3.87. The molecule has 1 heterocycles. The molecule has 30 heavy (non-hydrogen) atoms. The lowest BCUT2D eigenvalue weighted by Gasteiger charge is -2.32. The predicted octanol–water partition coefficient (Wildman–Crippen LogP) is 4.51. The molecule has 0 saturated heterocycles. The van der Waals surface area contributed by atoms with Crippen LogP contribution in [0, 0.1) is 5.82 Å². The van der Waals surface area contributed by atoms with Crippen molar-refractivity contribution in [2.24, 2.45) is 5.14 Å². The Kier molecular flexibility index (Phi) is 4.83. The van der Waals surface area contributed by atoms with E-state index in [1.165, 1.54) is 12.1 Å². The second kappa shape index (κ2) is 7.11. The Labute approximate surface area is 175 Å². The number of methoxy groups -OCH3 is 1. The maximum atomic E-state index is 14.0. The van der Waals surface area contributed by atoms with Crippen LogP contribution < -0.4 is 14.6 Å². The SMILES string of the molecule is COc1cccc2c1-c1ccc(C(C)(C)S(N)(=O)=O)cc1C(c1cccc(F)c1)O2. The topological polar surface area (TPSA) is 78.6 Å². The molecular weight excluding hydrogens is 405 g/mol. The minimum absolute atomic E-state index is 0.380. The van der Waals surface area contributed by atoms with E-state index in [1.54, 1.807) is 45.2 Å². The third kappa shape index (κ3) is 3.24. The van der Waals surface area contributed by atoms with Crippen molar-refractivity contribution in [1.29, 1.82) is 0 Å². The van der Waals surface area contributed by atoms with E-state index in [2.05, 4.69) is 0 Å². The highest BCUT2D eigenvalue weighted by Gasteiger charge is 2.36. The Bertz CT molecular complexity index is 1240. The average molecular weight is 427 g/mol. The van der Waals surface area contributed by atoms with Crippen molar-refractivity contribution in [2.75, 3.05) is 7.11 Å². The summed E-state index contributed by atoms with van der Waals surface area (Å²) in [6.07, 6.45) is -0.619. The fourth-order valence-corrected chi connectivity index (χ4v) is 4.15. The molecule has 3 aromatic rings. The van der Waals surface area contributed by atoms with Gasteiger partial charge in [0.1, 0.15) is 28.2 Å². The Balaban J connectivity index is 1.99. The largest absolute Gasteiger partial charge is 0.496 e. The molecular formula is C23H22FNO4S. The van der Waals surface area contributed by atoms with Gasteiger partial charge in [0.25, 0.3) is 0 Å². The smallest absolute Gasteiger partial charge is 0.218 e. The summed E-state index contributed by atoms with van der Waals surface area (Å²) in [4.78, 5) is 0. The summed E-state index contributed by atoms with van der Waals surface area (Å²) in [5, 5.41) is 5.48. The molecule has 0 aliphatic carbocycles. The van der Waals surface area contributed by atoms with Crippen molar-refractivity contribution in [2.45, 2.75) is 24.7 Å². The number of halogens is 1. The first-order valence-electron chi connectivity index (χ1n) is 9.40. The maximum Gasteiger partial charge on any atom is 0.218 e. The number of sulfonamides is 1. The first kappa shape index (κ1) is 20.4. The van der Waals surface area contributed by atoms with Gasteiger partial charge in [-0.1, -0.05) is 30.3 Å².